The van der Waals surface area contributed by atoms with Crippen molar-refractivity contribution < 1.29 is 44.6 Å². The van der Waals surface area contributed by atoms with Gasteiger partial charge in [0.1, 0.15) is 29.0 Å². The van der Waals surface area contributed by atoms with Gasteiger partial charge >= 0.3 is 6.11 Å². The van der Waals surface area contributed by atoms with Gasteiger partial charge in [0.2, 0.25) is 0 Å². The molecule has 10 heteroatoms. The van der Waals surface area contributed by atoms with Crippen molar-refractivity contribution in [3.63, 3.8) is 0 Å². The first-order valence-corrected chi connectivity index (χ1v) is 12.2. The Balaban J connectivity index is 1.52. The fourth-order valence-corrected chi connectivity index (χ4v) is 3.70. The molecular formula is C31H20F8O2. The van der Waals surface area contributed by atoms with Crippen LogP contribution in [0.1, 0.15) is 36.5 Å². The van der Waals surface area contributed by atoms with Crippen LogP contribution < -0.4 is 9.47 Å². The number of alkyl halides is 2. The van der Waals surface area contributed by atoms with Gasteiger partial charge in [0, 0.05) is 17.7 Å². The van der Waals surface area contributed by atoms with Gasteiger partial charge in [0.15, 0.2) is 17.5 Å². The fraction of sp³-hybridized carbons (Fsp3) is 0.161. The van der Waals surface area contributed by atoms with Crippen LogP contribution in [0.5, 0.6) is 11.5 Å². The second-order valence-electron chi connectivity index (χ2n) is 8.81. The summed E-state index contributed by atoms with van der Waals surface area (Å²) < 4.78 is 123. The first-order valence-electron chi connectivity index (χ1n) is 12.2. The van der Waals surface area contributed by atoms with E-state index in [1.807, 2.05) is 12.8 Å². The van der Waals surface area contributed by atoms with Gasteiger partial charge in [-0.25, -0.2) is 26.3 Å². The Morgan fingerprint density at radius 1 is 0.659 bits per heavy atom. The maximum Gasteiger partial charge on any atom is 0.429 e. The number of ether oxygens (including phenoxy) is 2. The molecule has 0 aliphatic carbocycles. The van der Waals surface area contributed by atoms with Gasteiger partial charge in [0.05, 0.1) is 17.7 Å². The lowest BCUT2D eigenvalue weighted by molar-refractivity contribution is -0.187. The topological polar surface area (TPSA) is 18.5 Å². The van der Waals surface area contributed by atoms with Crippen molar-refractivity contribution in [1.29, 1.82) is 0 Å². The highest BCUT2D eigenvalue weighted by atomic mass is 19.3. The molecule has 0 unspecified atom stereocenters. The van der Waals surface area contributed by atoms with E-state index < -0.39 is 63.5 Å². The maximum absolute atomic E-state index is 14.8. The van der Waals surface area contributed by atoms with Crippen LogP contribution in [-0.2, 0) is 6.11 Å². The van der Waals surface area contributed by atoms with E-state index >= 15 is 0 Å². The zero-order valence-corrected chi connectivity index (χ0v) is 21.3. The Kier molecular flexibility index (Phi) is 8.86. The Bertz CT molecular complexity index is 1580. The molecule has 4 aromatic carbocycles. The van der Waals surface area contributed by atoms with Gasteiger partial charge in [-0.3, -0.25) is 0 Å². The molecule has 0 aliphatic rings. The molecule has 0 radical (unpaired) electrons. The van der Waals surface area contributed by atoms with E-state index in [2.05, 4.69) is 10.7 Å². The number of hydrogen-bond donors (Lipinski definition) is 0. The predicted octanol–water partition coefficient (Wildman–Crippen LogP) is 8.90. The van der Waals surface area contributed by atoms with Crippen molar-refractivity contribution >= 4 is 0 Å². The van der Waals surface area contributed by atoms with E-state index in [4.69, 9.17) is 4.74 Å². The monoisotopic (exact) mass is 576 g/mol. The van der Waals surface area contributed by atoms with Crippen LogP contribution in [0.2, 0.25) is 0 Å². The molecule has 212 valence electrons. The molecule has 41 heavy (non-hydrogen) atoms. The average molecular weight is 576 g/mol. The number of hydrogen-bond acceptors (Lipinski definition) is 2. The van der Waals surface area contributed by atoms with E-state index in [1.165, 1.54) is 6.07 Å². The smallest absolute Gasteiger partial charge is 0.429 e. The molecule has 4 aromatic rings. The molecule has 0 saturated carbocycles. The summed E-state index contributed by atoms with van der Waals surface area (Å²) in [5, 5.41) is 0. The van der Waals surface area contributed by atoms with E-state index in [-0.39, 0.29) is 0 Å². The summed E-state index contributed by atoms with van der Waals surface area (Å²) in [7, 11) is 0. The highest BCUT2D eigenvalue weighted by Gasteiger charge is 2.38. The third-order valence-corrected chi connectivity index (χ3v) is 5.81. The second-order valence-corrected chi connectivity index (χ2v) is 8.81. The second kappa shape index (κ2) is 12.3. The van der Waals surface area contributed by atoms with Gasteiger partial charge in [-0.05, 0) is 53.9 Å². The SMILES string of the molecule is CCCCOc1ccc(-c2ccc(C(F)(F)Oc3cc(F)c(C#Cc4cc(F)c(F)c(F)c4)c(F)c3)c(F)c2)cc1. The summed E-state index contributed by atoms with van der Waals surface area (Å²) in [6, 6.07) is 11.3. The molecule has 0 spiro atoms. The predicted molar refractivity (Wildman–Crippen MR) is 135 cm³/mol. The van der Waals surface area contributed by atoms with Crippen molar-refractivity contribution in [3.05, 3.63) is 118 Å². The summed E-state index contributed by atoms with van der Waals surface area (Å²) in [6.07, 6.45) is -2.48. The molecule has 0 bridgehead atoms. The minimum atomic E-state index is -4.32. The minimum absolute atomic E-state index is 0.295. The molecular weight excluding hydrogens is 556 g/mol. The van der Waals surface area contributed by atoms with Crippen molar-refractivity contribution in [2.24, 2.45) is 0 Å². The van der Waals surface area contributed by atoms with E-state index in [0.29, 0.717) is 47.7 Å². The lowest BCUT2D eigenvalue weighted by atomic mass is 10.0. The van der Waals surface area contributed by atoms with Crippen LogP contribution in [0.3, 0.4) is 0 Å². The van der Waals surface area contributed by atoms with Crippen LogP contribution in [0.15, 0.2) is 66.7 Å². The van der Waals surface area contributed by atoms with Gasteiger partial charge in [0.25, 0.3) is 0 Å². The van der Waals surface area contributed by atoms with E-state index in [9.17, 15) is 35.1 Å². The molecule has 0 aromatic heterocycles. The Morgan fingerprint density at radius 3 is 1.85 bits per heavy atom. The quantitative estimate of drug-likeness (QED) is 0.0903. The normalized spacial score (nSPS) is 11.1. The van der Waals surface area contributed by atoms with Gasteiger partial charge < -0.3 is 9.47 Å². The Hall–Kier alpha value is -4.52. The van der Waals surface area contributed by atoms with Gasteiger partial charge in [-0.1, -0.05) is 43.4 Å². The number of unbranched alkanes of at least 4 members (excludes halogenated alkanes) is 1. The molecule has 2 nitrogen and oxygen atoms in total. The van der Waals surface area contributed by atoms with Crippen molar-refractivity contribution in [1.82, 2.24) is 0 Å². The Morgan fingerprint density at radius 2 is 1.27 bits per heavy atom. The van der Waals surface area contributed by atoms with Crippen LogP contribution in [0, 0.1) is 46.7 Å². The molecule has 0 amide bonds. The largest absolute Gasteiger partial charge is 0.494 e. The number of halogens is 8. The Labute approximate surface area is 230 Å². The third-order valence-electron chi connectivity index (χ3n) is 5.81. The lowest BCUT2D eigenvalue weighted by Crippen LogP contribution is -2.23. The number of rotatable bonds is 8. The van der Waals surface area contributed by atoms with Crippen LogP contribution >= 0.6 is 0 Å². The maximum atomic E-state index is 14.8. The molecule has 0 fully saturated rings. The molecule has 0 atom stereocenters. The van der Waals surface area contributed by atoms with Crippen LogP contribution in [0.25, 0.3) is 11.1 Å². The molecule has 0 aliphatic heterocycles. The highest BCUT2D eigenvalue weighted by Crippen LogP contribution is 2.36. The number of benzene rings is 4. The fourth-order valence-electron chi connectivity index (χ4n) is 3.70. The minimum Gasteiger partial charge on any atom is -0.494 e. The zero-order chi connectivity index (χ0) is 29.7. The zero-order valence-electron chi connectivity index (χ0n) is 21.3. The lowest BCUT2D eigenvalue weighted by Gasteiger charge is -2.19. The summed E-state index contributed by atoms with van der Waals surface area (Å²) in [5.41, 5.74) is -1.70. The van der Waals surface area contributed by atoms with Gasteiger partial charge in [-0.2, -0.15) is 8.78 Å². The first kappa shape index (κ1) is 29.5. The van der Waals surface area contributed by atoms with E-state index in [1.54, 1.807) is 24.3 Å². The molecule has 4 rings (SSSR count). The van der Waals surface area contributed by atoms with E-state index in [0.717, 1.165) is 25.0 Å². The summed E-state index contributed by atoms with van der Waals surface area (Å²) in [5.74, 6) is -5.41. The molecule has 0 N–H and O–H groups in total. The van der Waals surface area contributed by atoms with Crippen molar-refractivity contribution in [2.75, 3.05) is 6.61 Å². The highest BCUT2D eigenvalue weighted by molar-refractivity contribution is 5.64. The van der Waals surface area contributed by atoms with Crippen molar-refractivity contribution in [2.45, 2.75) is 25.9 Å². The molecule has 0 saturated heterocycles. The summed E-state index contributed by atoms with van der Waals surface area (Å²) in [6.45, 7) is 2.56. The first-order chi connectivity index (χ1) is 19.5. The summed E-state index contributed by atoms with van der Waals surface area (Å²) in [4.78, 5) is 0. The third kappa shape index (κ3) is 6.98. The van der Waals surface area contributed by atoms with Gasteiger partial charge in [-0.15, -0.1) is 0 Å². The summed E-state index contributed by atoms with van der Waals surface area (Å²) >= 11 is 0. The van der Waals surface area contributed by atoms with Crippen molar-refractivity contribution in [3.8, 4) is 34.5 Å². The average Bonchev–Trinajstić information content (AvgIpc) is 2.91. The standard InChI is InChI=1S/C31H20F8O2/c1-2-3-12-40-21-8-5-19(6-9-21)20-7-11-24(27(34)15-20)31(38,39)41-22-16-25(32)23(26(33)17-22)10-4-18-13-28(35)30(37)29(36)14-18/h5-9,11,13-17H,2-3,12H2,1H3. The molecule has 0 heterocycles. The van der Waals surface area contributed by atoms with Crippen LogP contribution in [-0.4, -0.2) is 6.61 Å². The van der Waals surface area contributed by atoms with Crippen LogP contribution in [0.4, 0.5) is 35.1 Å².